The summed E-state index contributed by atoms with van der Waals surface area (Å²) in [6.07, 6.45) is -4.15. The van der Waals surface area contributed by atoms with Gasteiger partial charge in [0.05, 0.1) is 6.54 Å². The summed E-state index contributed by atoms with van der Waals surface area (Å²) < 4.78 is 35.9. The van der Waals surface area contributed by atoms with Crippen molar-refractivity contribution in [2.24, 2.45) is 0 Å². The summed E-state index contributed by atoms with van der Waals surface area (Å²) in [5.41, 5.74) is 2.05. The summed E-state index contributed by atoms with van der Waals surface area (Å²) in [5, 5.41) is 2.39. The number of rotatable bonds is 7. The topological polar surface area (TPSA) is 15.3 Å². The summed E-state index contributed by atoms with van der Waals surface area (Å²) >= 11 is 0. The second kappa shape index (κ2) is 7.50. The molecule has 1 rings (SSSR count). The first-order chi connectivity index (χ1) is 8.94. The molecule has 0 aliphatic rings. The van der Waals surface area contributed by atoms with E-state index in [2.05, 4.69) is 24.1 Å². The SMILES string of the molecule is CCN(CC)Cc1ccc(CNCC(F)(F)F)cc1. The number of nitrogens with zero attached hydrogens (tertiary/aromatic N) is 1. The molecule has 0 saturated carbocycles. The second-order valence-corrected chi connectivity index (χ2v) is 4.50. The predicted octanol–water partition coefficient (Wildman–Crippen LogP) is 3.18. The molecule has 0 bridgehead atoms. The number of nitrogens with one attached hydrogen (secondary N) is 1. The minimum Gasteiger partial charge on any atom is -0.305 e. The summed E-state index contributed by atoms with van der Waals surface area (Å²) in [6, 6.07) is 7.70. The normalized spacial score (nSPS) is 12.1. The molecule has 0 atom stereocenters. The summed E-state index contributed by atoms with van der Waals surface area (Å²) in [5.74, 6) is 0. The van der Waals surface area contributed by atoms with Crippen molar-refractivity contribution in [3.8, 4) is 0 Å². The molecule has 0 heterocycles. The highest BCUT2D eigenvalue weighted by molar-refractivity contribution is 5.22. The molecule has 5 heteroatoms. The Morgan fingerprint density at radius 3 is 2.00 bits per heavy atom. The molecule has 19 heavy (non-hydrogen) atoms. The van der Waals surface area contributed by atoms with Crippen LogP contribution in [-0.2, 0) is 13.1 Å². The molecular formula is C14H21F3N2. The number of halogens is 3. The quantitative estimate of drug-likeness (QED) is 0.821. The van der Waals surface area contributed by atoms with Crippen LogP contribution in [0.5, 0.6) is 0 Å². The van der Waals surface area contributed by atoms with Gasteiger partial charge in [-0.25, -0.2) is 0 Å². The summed E-state index contributed by atoms with van der Waals surface area (Å²) in [6.45, 7) is 6.37. The highest BCUT2D eigenvalue weighted by Gasteiger charge is 2.25. The van der Waals surface area contributed by atoms with Crippen LogP contribution in [0.1, 0.15) is 25.0 Å². The van der Waals surface area contributed by atoms with Crippen molar-refractivity contribution in [1.29, 1.82) is 0 Å². The molecule has 0 unspecified atom stereocenters. The lowest BCUT2D eigenvalue weighted by Gasteiger charge is -2.18. The number of hydrogen-bond donors (Lipinski definition) is 1. The Kier molecular flexibility index (Phi) is 6.31. The van der Waals surface area contributed by atoms with Crippen LogP contribution in [0, 0.1) is 0 Å². The Labute approximate surface area is 112 Å². The fourth-order valence-electron chi connectivity index (χ4n) is 1.82. The first-order valence-corrected chi connectivity index (χ1v) is 6.52. The Balaban J connectivity index is 2.43. The molecular weight excluding hydrogens is 253 g/mol. The second-order valence-electron chi connectivity index (χ2n) is 4.50. The maximum atomic E-state index is 12.0. The van der Waals surface area contributed by atoms with Gasteiger partial charge in [0.25, 0.3) is 0 Å². The monoisotopic (exact) mass is 274 g/mol. The van der Waals surface area contributed by atoms with E-state index in [1.54, 1.807) is 0 Å². The Morgan fingerprint density at radius 1 is 1.00 bits per heavy atom. The highest BCUT2D eigenvalue weighted by atomic mass is 19.4. The molecule has 1 aromatic rings. The third-order valence-corrected chi connectivity index (χ3v) is 2.98. The fraction of sp³-hybridized carbons (Fsp3) is 0.571. The third-order valence-electron chi connectivity index (χ3n) is 2.98. The van der Waals surface area contributed by atoms with E-state index in [4.69, 9.17) is 0 Å². The average molecular weight is 274 g/mol. The predicted molar refractivity (Wildman–Crippen MR) is 70.8 cm³/mol. The molecule has 0 fully saturated rings. The van der Waals surface area contributed by atoms with E-state index in [0.717, 1.165) is 25.2 Å². The summed E-state index contributed by atoms with van der Waals surface area (Å²) in [7, 11) is 0. The van der Waals surface area contributed by atoms with E-state index in [-0.39, 0.29) is 6.54 Å². The largest absolute Gasteiger partial charge is 0.401 e. The van der Waals surface area contributed by atoms with E-state index >= 15 is 0 Å². The zero-order valence-corrected chi connectivity index (χ0v) is 11.4. The van der Waals surface area contributed by atoms with Crippen LogP contribution >= 0.6 is 0 Å². The average Bonchev–Trinajstić information content (AvgIpc) is 2.36. The first kappa shape index (κ1) is 16.0. The van der Waals surface area contributed by atoms with Crippen LogP contribution < -0.4 is 5.32 Å². The molecule has 0 spiro atoms. The van der Waals surface area contributed by atoms with Crippen molar-refractivity contribution in [3.63, 3.8) is 0 Å². The molecule has 0 aromatic heterocycles. The summed E-state index contributed by atoms with van der Waals surface area (Å²) in [4.78, 5) is 2.29. The zero-order valence-electron chi connectivity index (χ0n) is 11.4. The Bertz CT molecular complexity index is 356. The van der Waals surface area contributed by atoms with E-state index in [1.807, 2.05) is 24.3 Å². The maximum absolute atomic E-state index is 12.0. The van der Waals surface area contributed by atoms with Gasteiger partial charge in [0.1, 0.15) is 0 Å². The Hall–Kier alpha value is -1.07. The van der Waals surface area contributed by atoms with Gasteiger partial charge in [-0.15, -0.1) is 0 Å². The molecule has 0 aliphatic heterocycles. The van der Waals surface area contributed by atoms with E-state index in [9.17, 15) is 13.2 Å². The van der Waals surface area contributed by atoms with Crippen LogP contribution in [-0.4, -0.2) is 30.7 Å². The van der Waals surface area contributed by atoms with E-state index in [1.165, 1.54) is 5.56 Å². The van der Waals surface area contributed by atoms with Crippen molar-refractivity contribution < 1.29 is 13.2 Å². The minimum absolute atomic E-state index is 0.241. The van der Waals surface area contributed by atoms with Crippen LogP contribution in [0.25, 0.3) is 0 Å². The van der Waals surface area contributed by atoms with Crippen LogP contribution in [0.15, 0.2) is 24.3 Å². The maximum Gasteiger partial charge on any atom is 0.401 e. The van der Waals surface area contributed by atoms with Gasteiger partial charge in [0, 0.05) is 13.1 Å². The lowest BCUT2D eigenvalue weighted by Crippen LogP contribution is -2.28. The zero-order chi connectivity index (χ0) is 14.3. The lowest BCUT2D eigenvalue weighted by atomic mass is 10.1. The van der Waals surface area contributed by atoms with Gasteiger partial charge >= 0.3 is 6.18 Å². The van der Waals surface area contributed by atoms with Crippen molar-refractivity contribution in [3.05, 3.63) is 35.4 Å². The van der Waals surface area contributed by atoms with Gasteiger partial charge in [-0.05, 0) is 24.2 Å². The van der Waals surface area contributed by atoms with Gasteiger partial charge in [-0.2, -0.15) is 13.2 Å². The molecule has 0 amide bonds. The number of hydrogen-bond acceptors (Lipinski definition) is 2. The van der Waals surface area contributed by atoms with Gasteiger partial charge in [0.15, 0.2) is 0 Å². The lowest BCUT2D eigenvalue weighted by molar-refractivity contribution is -0.125. The Morgan fingerprint density at radius 2 is 1.53 bits per heavy atom. The van der Waals surface area contributed by atoms with Gasteiger partial charge in [-0.3, -0.25) is 4.90 Å². The smallest absolute Gasteiger partial charge is 0.305 e. The number of benzene rings is 1. The van der Waals surface area contributed by atoms with Gasteiger partial charge in [-0.1, -0.05) is 38.1 Å². The van der Waals surface area contributed by atoms with Gasteiger partial charge in [0.2, 0.25) is 0 Å². The van der Waals surface area contributed by atoms with Crippen molar-refractivity contribution in [2.45, 2.75) is 33.1 Å². The van der Waals surface area contributed by atoms with Gasteiger partial charge < -0.3 is 5.32 Å². The fourth-order valence-corrected chi connectivity index (χ4v) is 1.82. The standard InChI is InChI=1S/C14H21F3N2/c1-3-19(4-2)10-13-7-5-12(6-8-13)9-18-11-14(15,16)17/h5-8,18H,3-4,9-11H2,1-2H3. The first-order valence-electron chi connectivity index (χ1n) is 6.52. The van der Waals surface area contributed by atoms with E-state index in [0.29, 0.717) is 0 Å². The molecule has 108 valence electrons. The van der Waals surface area contributed by atoms with Crippen LogP contribution in [0.3, 0.4) is 0 Å². The minimum atomic E-state index is -4.15. The van der Waals surface area contributed by atoms with Crippen molar-refractivity contribution >= 4 is 0 Å². The third kappa shape index (κ3) is 6.59. The highest BCUT2D eigenvalue weighted by Crippen LogP contribution is 2.13. The number of alkyl halides is 3. The van der Waals surface area contributed by atoms with Crippen LogP contribution in [0.2, 0.25) is 0 Å². The molecule has 0 aliphatic carbocycles. The molecule has 1 aromatic carbocycles. The van der Waals surface area contributed by atoms with E-state index < -0.39 is 12.7 Å². The molecule has 1 N–H and O–H groups in total. The molecule has 0 saturated heterocycles. The van der Waals surface area contributed by atoms with Crippen molar-refractivity contribution in [2.75, 3.05) is 19.6 Å². The van der Waals surface area contributed by atoms with Crippen LogP contribution in [0.4, 0.5) is 13.2 Å². The van der Waals surface area contributed by atoms with Crippen molar-refractivity contribution in [1.82, 2.24) is 10.2 Å². The molecule has 2 nitrogen and oxygen atoms in total. The molecule has 0 radical (unpaired) electrons.